The summed E-state index contributed by atoms with van der Waals surface area (Å²) in [5.74, 6) is -1.93. The van der Waals surface area contributed by atoms with Crippen LogP contribution in [0.2, 0.25) is 0 Å². The number of halogens is 2. The van der Waals surface area contributed by atoms with Crippen LogP contribution in [0, 0.1) is 11.6 Å². The molecule has 0 aliphatic rings. The van der Waals surface area contributed by atoms with Gasteiger partial charge in [0.05, 0.1) is 12.2 Å². The van der Waals surface area contributed by atoms with Crippen LogP contribution in [-0.4, -0.2) is 26.3 Å². The van der Waals surface area contributed by atoms with E-state index in [2.05, 4.69) is 10.1 Å². The number of rotatable bonds is 5. The predicted octanol–water partition coefficient (Wildman–Crippen LogP) is 3.88. The van der Waals surface area contributed by atoms with Gasteiger partial charge in [-0.15, -0.1) is 0 Å². The van der Waals surface area contributed by atoms with Crippen molar-refractivity contribution in [3.8, 4) is 28.3 Å². The quantitative estimate of drug-likeness (QED) is 0.536. The summed E-state index contributed by atoms with van der Waals surface area (Å²) in [5.41, 5.74) is 0.783. The molecule has 0 amide bonds. The van der Waals surface area contributed by atoms with Crippen molar-refractivity contribution in [2.45, 2.75) is 13.5 Å². The van der Waals surface area contributed by atoms with E-state index in [0.29, 0.717) is 17.9 Å². The fourth-order valence-corrected chi connectivity index (χ4v) is 3.18. The second kappa shape index (κ2) is 7.48. The largest absolute Gasteiger partial charge is 0.493 e. The van der Waals surface area contributed by atoms with Crippen molar-refractivity contribution in [3.05, 3.63) is 76.1 Å². The van der Waals surface area contributed by atoms with E-state index in [-0.39, 0.29) is 28.9 Å². The van der Waals surface area contributed by atoms with Crippen molar-refractivity contribution in [1.29, 1.82) is 0 Å². The van der Waals surface area contributed by atoms with Crippen LogP contribution in [0.3, 0.4) is 0 Å². The van der Waals surface area contributed by atoms with Crippen LogP contribution in [0.4, 0.5) is 8.78 Å². The molecule has 8 heteroatoms. The predicted molar refractivity (Wildman–Crippen MR) is 104 cm³/mol. The second-order valence-electron chi connectivity index (χ2n) is 6.37. The number of ether oxygens (including phenoxy) is 1. The molecule has 0 fully saturated rings. The molecule has 0 unspecified atom stereocenters. The summed E-state index contributed by atoms with van der Waals surface area (Å²) in [6.45, 7) is 2.02. The number of nitrogens with one attached hydrogen (secondary N) is 1. The molecule has 0 saturated heterocycles. The van der Waals surface area contributed by atoms with Crippen molar-refractivity contribution in [1.82, 2.24) is 14.6 Å². The lowest BCUT2D eigenvalue weighted by atomic mass is 10.0. The first-order valence-electron chi connectivity index (χ1n) is 8.96. The Bertz CT molecular complexity index is 1250. The Balaban J connectivity index is 2.07. The molecule has 2 aromatic carbocycles. The maximum atomic E-state index is 14.6. The van der Waals surface area contributed by atoms with E-state index in [9.17, 15) is 18.7 Å². The third-order valence-electron chi connectivity index (χ3n) is 4.56. The van der Waals surface area contributed by atoms with Gasteiger partial charge in [-0.25, -0.2) is 8.78 Å². The molecule has 29 heavy (non-hydrogen) atoms. The van der Waals surface area contributed by atoms with E-state index in [1.165, 1.54) is 6.07 Å². The van der Waals surface area contributed by atoms with E-state index >= 15 is 0 Å². The molecule has 0 radical (unpaired) electrons. The monoisotopic (exact) mass is 397 g/mol. The number of hydrogen-bond acceptors (Lipinski definition) is 4. The van der Waals surface area contributed by atoms with Crippen LogP contribution in [-0.2, 0) is 11.3 Å². The number of fused-ring (bicyclic) bond motifs is 1. The standard InChI is InChI=1S/C21H17F2N3O3/c1-2-29-11-15-20(27)24-19-17(14-9-8-13(22)10-16(14)23)18(25-26(19)21(15)28)12-6-4-3-5-7-12/h3-10,28H,2,11H2,1H3,(H,24,27). The Morgan fingerprint density at radius 1 is 1.17 bits per heavy atom. The van der Waals surface area contributed by atoms with Gasteiger partial charge < -0.3 is 14.8 Å². The Hall–Kier alpha value is -3.52. The van der Waals surface area contributed by atoms with E-state index in [4.69, 9.17) is 4.74 Å². The molecule has 0 atom stereocenters. The molecular formula is C21H17F2N3O3. The van der Waals surface area contributed by atoms with Crippen molar-refractivity contribution in [3.63, 3.8) is 0 Å². The van der Waals surface area contributed by atoms with Crippen LogP contribution in [0.1, 0.15) is 12.5 Å². The summed E-state index contributed by atoms with van der Waals surface area (Å²) in [4.78, 5) is 15.2. The molecule has 0 bridgehead atoms. The fourth-order valence-electron chi connectivity index (χ4n) is 3.18. The van der Waals surface area contributed by atoms with Crippen molar-refractivity contribution >= 4 is 5.65 Å². The molecule has 0 spiro atoms. The number of nitrogens with zero attached hydrogens (tertiary/aromatic N) is 2. The normalized spacial score (nSPS) is 11.3. The zero-order valence-corrected chi connectivity index (χ0v) is 15.4. The van der Waals surface area contributed by atoms with E-state index in [1.54, 1.807) is 31.2 Å². The minimum atomic E-state index is -0.809. The second-order valence-corrected chi connectivity index (χ2v) is 6.37. The highest BCUT2D eigenvalue weighted by molar-refractivity contribution is 5.90. The van der Waals surface area contributed by atoms with Crippen LogP contribution in [0.15, 0.2) is 53.3 Å². The number of aromatic nitrogens is 3. The van der Waals surface area contributed by atoms with Gasteiger partial charge in [0.25, 0.3) is 5.56 Å². The van der Waals surface area contributed by atoms with E-state index < -0.39 is 23.1 Å². The minimum absolute atomic E-state index is 0.00703. The lowest BCUT2D eigenvalue weighted by molar-refractivity contribution is 0.130. The van der Waals surface area contributed by atoms with Gasteiger partial charge >= 0.3 is 0 Å². The highest BCUT2D eigenvalue weighted by Gasteiger charge is 2.24. The molecule has 2 heterocycles. The molecule has 6 nitrogen and oxygen atoms in total. The van der Waals surface area contributed by atoms with Gasteiger partial charge in [-0.05, 0) is 19.1 Å². The lowest BCUT2D eigenvalue weighted by Crippen LogP contribution is -2.17. The smallest absolute Gasteiger partial charge is 0.260 e. The number of benzene rings is 2. The molecule has 148 valence electrons. The molecular weight excluding hydrogens is 380 g/mol. The topological polar surface area (TPSA) is 79.6 Å². The highest BCUT2D eigenvalue weighted by Crippen LogP contribution is 2.37. The van der Waals surface area contributed by atoms with Gasteiger partial charge in [-0.2, -0.15) is 9.61 Å². The summed E-state index contributed by atoms with van der Waals surface area (Å²) >= 11 is 0. The Kier molecular flexibility index (Phi) is 4.85. The van der Waals surface area contributed by atoms with Gasteiger partial charge in [0, 0.05) is 23.8 Å². The number of H-pyrrole nitrogens is 1. The first-order valence-corrected chi connectivity index (χ1v) is 8.96. The Morgan fingerprint density at radius 3 is 2.62 bits per heavy atom. The van der Waals surface area contributed by atoms with Crippen LogP contribution >= 0.6 is 0 Å². The summed E-state index contributed by atoms with van der Waals surface area (Å²) in [5, 5.41) is 15.1. The number of aromatic amines is 1. The lowest BCUT2D eigenvalue weighted by Gasteiger charge is -2.07. The van der Waals surface area contributed by atoms with E-state index in [1.807, 2.05) is 6.07 Å². The average molecular weight is 397 g/mol. The fraction of sp³-hybridized carbons (Fsp3) is 0.143. The van der Waals surface area contributed by atoms with Crippen LogP contribution in [0.25, 0.3) is 28.0 Å². The van der Waals surface area contributed by atoms with Gasteiger partial charge in [-0.3, -0.25) is 4.79 Å². The molecule has 0 aliphatic carbocycles. The Labute approximate surface area is 164 Å². The first-order chi connectivity index (χ1) is 14.0. The van der Waals surface area contributed by atoms with Crippen LogP contribution < -0.4 is 5.56 Å². The summed E-state index contributed by atoms with van der Waals surface area (Å²) in [7, 11) is 0. The minimum Gasteiger partial charge on any atom is -0.493 e. The van der Waals surface area contributed by atoms with Crippen molar-refractivity contribution < 1.29 is 18.6 Å². The van der Waals surface area contributed by atoms with E-state index in [0.717, 1.165) is 16.6 Å². The maximum Gasteiger partial charge on any atom is 0.260 e. The van der Waals surface area contributed by atoms with Crippen molar-refractivity contribution in [2.75, 3.05) is 6.61 Å². The summed E-state index contributed by atoms with van der Waals surface area (Å²) in [6, 6.07) is 12.1. The molecule has 0 aliphatic heterocycles. The SMILES string of the molecule is CCOCc1c(O)n2nc(-c3ccccc3)c(-c3ccc(F)cc3F)c2[nH]c1=O. The summed E-state index contributed by atoms with van der Waals surface area (Å²) < 4.78 is 34.5. The molecule has 4 aromatic rings. The van der Waals surface area contributed by atoms with Gasteiger partial charge in [0.2, 0.25) is 5.88 Å². The van der Waals surface area contributed by atoms with Gasteiger partial charge in [0.15, 0.2) is 0 Å². The summed E-state index contributed by atoms with van der Waals surface area (Å²) in [6.07, 6.45) is 0. The van der Waals surface area contributed by atoms with Gasteiger partial charge in [0.1, 0.15) is 28.5 Å². The van der Waals surface area contributed by atoms with Gasteiger partial charge in [-0.1, -0.05) is 30.3 Å². The Morgan fingerprint density at radius 2 is 1.93 bits per heavy atom. The molecule has 0 saturated carbocycles. The first kappa shape index (κ1) is 18.8. The molecule has 2 aromatic heterocycles. The average Bonchev–Trinajstić information content (AvgIpc) is 3.08. The number of aromatic hydroxyl groups is 1. The maximum absolute atomic E-state index is 14.6. The van der Waals surface area contributed by atoms with Crippen molar-refractivity contribution in [2.24, 2.45) is 0 Å². The number of hydrogen-bond donors (Lipinski definition) is 2. The third kappa shape index (κ3) is 3.27. The molecule has 4 rings (SSSR count). The van der Waals surface area contributed by atoms with Crippen LogP contribution in [0.5, 0.6) is 5.88 Å². The zero-order chi connectivity index (χ0) is 20.5. The molecule has 2 N–H and O–H groups in total. The zero-order valence-electron chi connectivity index (χ0n) is 15.4. The highest BCUT2D eigenvalue weighted by atomic mass is 19.1. The third-order valence-corrected chi connectivity index (χ3v) is 4.56.